The van der Waals surface area contributed by atoms with Crippen LogP contribution in [0.1, 0.15) is 32.1 Å². The van der Waals surface area contributed by atoms with Gasteiger partial charge in [-0.3, -0.25) is 4.79 Å². The lowest BCUT2D eigenvalue weighted by molar-refractivity contribution is -0.158. The first-order valence-corrected chi connectivity index (χ1v) is 5.13. The normalized spacial score (nSPS) is 27.1. The van der Waals surface area contributed by atoms with Gasteiger partial charge in [-0.1, -0.05) is 6.08 Å². The van der Waals surface area contributed by atoms with Crippen LogP contribution in [0.25, 0.3) is 0 Å². The van der Waals surface area contributed by atoms with E-state index in [1.54, 1.807) is 0 Å². The molecule has 1 aliphatic rings. The molecule has 3 nitrogen and oxygen atoms in total. The molecule has 80 valence electrons. The van der Waals surface area contributed by atoms with Gasteiger partial charge in [0.15, 0.2) is 0 Å². The van der Waals surface area contributed by atoms with E-state index in [0.29, 0.717) is 19.6 Å². The number of aliphatic carboxylic acids is 1. The van der Waals surface area contributed by atoms with Crippen molar-refractivity contribution in [3.05, 3.63) is 12.7 Å². The Morgan fingerprint density at radius 3 is 2.93 bits per heavy atom. The van der Waals surface area contributed by atoms with Gasteiger partial charge in [-0.2, -0.15) is 0 Å². The van der Waals surface area contributed by atoms with Crippen LogP contribution in [0, 0.1) is 5.41 Å². The topological polar surface area (TPSA) is 46.5 Å². The van der Waals surface area contributed by atoms with Gasteiger partial charge in [0.05, 0.1) is 12.0 Å². The van der Waals surface area contributed by atoms with Crippen LogP contribution in [0.2, 0.25) is 0 Å². The van der Waals surface area contributed by atoms with Gasteiger partial charge in [-0.25, -0.2) is 0 Å². The fraction of sp³-hybridized carbons (Fsp3) is 0.727. The molecule has 1 unspecified atom stereocenters. The molecule has 1 saturated heterocycles. The van der Waals surface area contributed by atoms with E-state index in [1.165, 1.54) is 0 Å². The predicted octanol–water partition coefficient (Wildman–Crippen LogP) is 2.22. The van der Waals surface area contributed by atoms with Crippen molar-refractivity contribution in [3.63, 3.8) is 0 Å². The Bertz CT molecular complexity index is 205. The minimum absolute atomic E-state index is 0.374. The Morgan fingerprint density at radius 2 is 2.43 bits per heavy atom. The third-order valence-electron chi connectivity index (χ3n) is 2.84. The van der Waals surface area contributed by atoms with Gasteiger partial charge in [0.2, 0.25) is 0 Å². The van der Waals surface area contributed by atoms with E-state index in [-0.39, 0.29) is 0 Å². The lowest BCUT2D eigenvalue weighted by Gasteiger charge is -2.32. The first-order valence-electron chi connectivity index (χ1n) is 5.13. The maximum Gasteiger partial charge on any atom is 0.311 e. The zero-order valence-electron chi connectivity index (χ0n) is 8.50. The number of hydrogen-bond donors (Lipinski definition) is 1. The first-order chi connectivity index (χ1) is 6.71. The van der Waals surface area contributed by atoms with Crippen LogP contribution in [-0.2, 0) is 9.53 Å². The van der Waals surface area contributed by atoms with E-state index >= 15 is 0 Å². The summed E-state index contributed by atoms with van der Waals surface area (Å²) in [5, 5.41) is 9.18. The van der Waals surface area contributed by atoms with Crippen molar-refractivity contribution in [1.82, 2.24) is 0 Å². The molecular formula is C11H18O3. The molecular weight excluding hydrogens is 180 g/mol. The van der Waals surface area contributed by atoms with Gasteiger partial charge in [0, 0.05) is 6.61 Å². The van der Waals surface area contributed by atoms with E-state index < -0.39 is 11.4 Å². The molecule has 1 heterocycles. The summed E-state index contributed by atoms with van der Waals surface area (Å²) in [7, 11) is 0. The van der Waals surface area contributed by atoms with E-state index in [4.69, 9.17) is 4.74 Å². The van der Waals surface area contributed by atoms with Gasteiger partial charge in [0.1, 0.15) is 0 Å². The van der Waals surface area contributed by atoms with Gasteiger partial charge >= 0.3 is 5.97 Å². The largest absolute Gasteiger partial charge is 0.481 e. The Morgan fingerprint density at radius 1 is 1.64 bits per heavy atom. The van der Waals surface area contributed by atoms with Crippen molar-refractivity contribution in [2.24, 2.45) is 5.41 Å². The van der Waals surface area contributed by atoms with E-state index in [0.717, 1.165) is 25.7 Å². The fourth-order valence-corrected chi connectivity index (χ4v) is 1.91. The second-order valence-electron chi connectivity index (χ2n) is 3.92. The zero-order chi connectivity index (χ0) is 10.4. The highest BCUT2D eigenvalue weighted by Crippen LogP contribution is 2.34. The van der Waals surface area contributed by atoms with Crippen LogP contribution in [0.15, 0.2) is 12.7 Å². The SMILES string of the molecule is C=CCCCC1(C(=O)O)CCCOC1. The lowest BCUT2D eigenvalue weighted by Crippen LogP contribution is -2.39. The molecule has 0 saturated carbocycles. The molecule has 14 heavy (non-hydrogen) atoms. The molecule has 0 aliphatic carbocycles. The number of carbonyl (C=O) groups is 1. The quantitative estimate of drug-likeness (QED) is 0.544. The summed E-state index contributed by atoms with van der Waals surface area (Å²) in [6, 6.07) is 0. The van der Waals surface area contributed by atoms with Gasteiger partial charge in [0.25, 0.3) is 0 Å². The standard InChI is InChI=1S/C11H18O3/c1-2-3-4-6-11(10(12)13)7-5-8-14-9-11/h2H,1,3-9H2,(H,12,13). The van der Waals surface area contributed by atoms with Gasteiger partial charge in [-0.05, 0) is 32.1 Å². The zero-order valence-corrected chi connectivity index (χ0v) is 8.50. The third kappa shape index (κ3) is 2.58. The molecule has 1 N–H and O–H groups in total. The Balaban J connectivity index is 2.51. The second kappa shape index (κ2) is 5.15. The number of carboxylic acid groups (broad SMARTS) is 1. The summed E-state index contributed by atoms with van der Waals surface area (Å²) < 4.78 is 5.27. The third-order valence-corrected chi connectivity index (χ3v) is 2.84. The highest BCUT2D eigenvalue weighted by Gasteiger charge is 2.39. The maximum atomic E-state index is 11.2. The lowest BCUT2D eigenvalue weighted by atomic mass is 9.78. The Hall–Kier alpha value is -0.830. The number of rotatable bonds is 5. The highest BCUT2D eigenvalue weighted by molar-refractivity contribution is 5.74. The molecule has 0 aromatic rings. The number of unbranched alkanes of at least 4 members (excludes halogenated alkanes) is 1. The van der Waals surface area contributed by atoms with Crippen molar-refractivity contribution in [2.45, 2.75) is 32.1 Å². The molecule has 1 atom stereocenters. The van der Waals surface area contributed by atoms with E-state index in [2.05, 4.69) is 6.58 Å². The summed E-state index contributed by atoms with van der Waals surface area (Å²) in [6.45, 7) is 4.71. The molecule has 3 heteroatoms. The van der Waals surface area contributed by atoms with Crippen LogP contribution in [-0.4, -0.2) is 24.3 Å². The number of hydrogen-bond acceptors (Lipinski definition) is 2. The van der Waals surface area contributed by atoms with Crippen molar-refractivity contribution in [2.75, 3.05) is 13.2 Å². The molecule has 1 aliphatic heterocycles. The maximum absolute atomic E-state index is 11.2. The number of allylic oxidation sites excluding steroid dienone is 1. The molecule has 0 radical (unpaired) electrons. The van der Waals surface area contributed by atoms with Crippen LogP contribution in [0.4, 0.5) is 0 Å². The molecule has 0 aromatic carbocycles. The van der Waals surface area contributed by atoms with Crippen LogP contribution in [0.5, 0.6) is 0 Å². The van der Waals surface area contributed by atoms with Crippen molar-refractivity contribution < 1.29 is 14.6 Å². The molecule has 1 fully saturated rings. The highest BCUT2D eigenvalue weighted by atomic mass is 16.5. The summed E-state index contributed by atoms with van der Waals surface area (Å²) in [5.41, 5.74) is -0.624. The summed E-state index contributed by atoms with van der Waals surface area (Å²) >= 11 is 0. The molecule has 0 bridgehead atoms. The number of carboxylic acids is 1. The van der Waals surface area contributed by atoms with E-state index in [1.807, 2.05) is 6.08 Å². The van der Waals surface area contributed by atoms with Crippen LogP contribution >= 0.6 is 0 Å². The molecule has 0 spiro atoms. The van der Waals surface area contributed by atoms with E-state index in [9.17, 15) is 9.90 Å². The summed E-state index contributed by atoms with van der Waals surface area (Å²) in [5.74, 6) is -0.707. The van der Waals surface area contributed by atoms with Crippen LogP contribution < -0.4 is 0 Å². The molecule has 0 amide bonds. The molecule has 0 aromatic heterocycles. The Kier molecular flexibility index (Phi) is 4.14. The van der Waals surface area contributed by atoms with Crippen molar-refractivity contribution in [1.29, 1.82) is 0 Å². The van der Waals surface area contributed by atoms with Crippen molar-refractivity contribution >= 4 is 5.97 Å². The molecule has 1 rings (SSSR count). The van der Waals surface area contributed by atoms with Gasteiger partial charge < -0.3 is 9.84 Å². The summed E-state index contributed by atoms with van der Waals surface area (Å²) in [4.78, 5) is 11.2. The second-order valence-corrected chi connectivity index (χ2v) is 3.92. The fourth-order valence-electron chi connectivity index (χ4n) is 1.91. The summed E-state index contributed by atoms with van der Waals surface area (Å²) in [6.07, 6.45) is 5.92. The number of ether oxygens (including phenoxy) is 1. The minimum Gasteiger partial charge on any atom is -0.481 e. The first kappa shape index (κ1) is 11.2. The average molecular weight is 198 g/mol. The van der Waals surface area contributed by atoms with Gasteiger partial charge in [-0.15, -0.1) is 6.58 Å². The van der Waals surface area contributed by atoms with Crippen molar-refractivity contribution in [3.8, 4) is 0 Å². The Labute approximate surface area is 84.8 Å². The smallest absolute Gasteiger partial charge is 0.311 e. The predicted molar refractivity (Wildman–Crippen MR) is 54.2 cm³/mol. The average Bonchev–Trinajstić information content (AvgIpc) is 2.19. The van der Waals surface area contributed by atoms with Crippen LogP contribution in [0.3, 0.4) is 0 Å². The monoisotopic (exact) mass is 198 g/mol. The minimum atomic E-state index is -0.707.